The molecule has 106 valence electrons. The van der Waals surface area contributed by atoms with Crippen molar-refractivity contribution in [3.63, 3.8) is 0 Å². The minimum Gasteiger partial charge on any atom is -0.313 e. The lowest BCUT2D eigenvalue weighted by Crippen LogP contribution is -2.14. The molecule has 1 aromatic heterocycles. The molecule has 0 aliphatic rings. The topological polar surface area (TPSA) is 29.9 Å². The van der Waals surface area contributed by atoms with Crippen LogP contribution < -0.4 is 5.32 Å². The zero-order valence-electron chi connectivity index (χ0n) is 12.0. The maximum atomic E-state index is 4.36. The molecule has 0 amide bonds. The Hall–Kier alpha value is -0.540. The van der Waals surface area contributed by atoms with E-state index in [4.69, 9.17) is 0 Å². The summed E-state index contributed by atoms with van der Waals surface area (Å²) in [4.78, 5) is 0. The largest absolute Gasteiger partial charge is 0.313 e. The van der Waals surface area contributed by atoms with E-state index in [0.717, 1.165) is 19.6 Å². The highest BCUT2D eigenvalue weighted by molar-refractivity contribution is 5.85. The lowest BCUT2D eigenvalue weighted by atomic mass is 10.2. The van der Waals surface area contributed by atoms with Crippen LogP contribution in [0, 0.1) is 5.92 Å². The Kier molecular flexibility index (Phi) is 10.1. The molecule has 0 atom stereocenters. The molecular weight excluding hydrogens is 246 g/mol. The van der Waals surface area contributed by atoms with Crippen molar-refractivity contribution in [2.75, 3.05) is 6.54 Å². The zero-order chi connectivity index (χ0) is 12.5. The fraction of sp³-hybridized carbons (Fsp3) is 0.786. The summed E-state index contributed by atoms with van der Waals surface area (Å²) >= 11 is 0. The third kappa shape index (κ3) is 7.72. The van der Waals surface area contributed by atoms with Gasteiger partial charge < -0.3 is 5.32 Å². The Balaban J connectivity index is 0.00000289. The molecule has 0 saturated carbocycles. The molecule has 4 heteroatoms. The lowest BCUT2D eigenvalue weighted by Gasteiger charge is -2.04. The molecule has 0 bridgehead atoms. The maximum absolute atomic E-state index is 4.36. The van der Waals surface area contributed by atoms with Crippen LogP contribution in [0.5, 0.6) is 0 Å². The highest BCUT2D eigenvalue weighted by atomic mass is 35.5. The molecule has 0 aliphatic heterocycles. The molecule has 0 aromatic carbocycles. The van der Waals surface area contributed by atoms with Gasteiger partial charge in [0.15, 0.2) is 0 Å². The van der Waals surface area contributed by atoms with Gasteiger partial charge >= 0.3 is 0 Å². The van der Waals surface area contributed by atoms with Gasteiger partial charge in [-0.2, -0.15) is 5.10 Å². The van der Waals surface area contributed by atoms with Crippen molar-refractivity contribution in [3.05, 3.63) is 18.0 Å². The highest BCUT2D eigenvalue weighted by Crippen LogP contribution is 2.02. The van der Waals surface area contributed by atoms with Gasteiger partial charge in [-0.25, -0.2) is 0 Å². The van der Waals surface area contributed by atoms with E-state index >= 15 is 0 Å². The molecule has 0 saturated heterocycles. The first-order valence-corrected chi connectivity index (χ1v) is 6.94. The summed E-state index contributed by atoms with van der Waals surface area (Å²) in [5.41, 5.74) is 1.29. The predicted molar refractivity (Wildman–Crippen MR) is 80.2 cm³/mol. The minimum absolute atomic E-state index is 0. The van der Waals surface area contributed by atoms with Crippen molar-refractivity contribution >= 4 is 12.4 Å². The van der Waals surface area contributed by atoms with E-state index in [9.17, 15) is 0 Å². The van der Waals surface area contributed by atoms with Gasteiger partial charge in [-0.05, 0) is 18.9 Å². The summed E-state index contributed by atoms with van der Waals surface area (Å²) in [6, 6.07) is 0. The van der Waals surface area contributed by atoms with Gasteiger partial charge in [0.05, 0.1) is 6.20 Å². The van der Waals surface area contributed by atoms with Crippen molar-refractivity contribution < 1.29 is 0 Å². The van der Waals surface area contributed by atoms with Crippen LogP contribution in [-0.2, 0) is 13.1 Å². The number of hydrogen-bond donors (Lipinski definition) is 1. The Morgan fingerprint density at radius 3 is 2.72 bits per heavy atom. The van der Waals surface area contributed by atoms with E-state index in [0.29, 0.717) is 5.92 Å². The van der Waals surface area contributed by atoms with Crippen molar-refractivity contribution in [2.45, 2.75) is 59.5 Å². The summed E-state index contributed by atoms with van der Waals surface area (Å²) < 4.78 is 2.04. The number of unbranched alkanes of at least 4 members (excludes halogenated alkanes) is 3. The monoisotopic (exact) mass is 273 g/mol. The van der Waals surface area contributed by atoms with Gasteiger partial charge in [0.1, 0.15) is 0 Å². The minimum atomic E-state index is 0. The third-order valence-corrected chi connectivity index (χ3v) is 2.78. The normalized spacial score (nSPS) is 10.7. The van der Waals surface area contributed by atoms with Crippen LogP contribution in [0.25, 0.3) is 0 Å². The van der Waals surface area contributed by atoms with Crippen molar-refractivity contribution in [1.29, 1.82) is 0 Å². The summed E-state index contributed by atoms with van der Waals surface area (Å²) in [7, 11) is 0. The summed E-state index contributed by atoms with van der Waals surface area (Å²) in [6.07, 6.45) is 9.42. The number of nitrogens with one attached hydrogen (secondary N) is 1. The van der Waals surface area contributed by atoms with Crippen LogP contribution >= 0.6 is 12.4 Å². The first-order chi connectivity index (χ1) is 8.22. The first-order valence-electron chi connectivity index (χ1n) is 6.94. The molecular formula is C14H28ClN3. The van der Waals surface area contributed by atoms with E-state index in [2.05, 4.69) is 37.4 Å². The highest BCUT2D eigenvalue weighted by Gasteiger charge is 2.00. The van der Waals surface area contributed by atoms with Gasteiger partial charge in [-0.1, -0.05) is 40.0 Å². The number of halogens is 1. The van der Waals surface area contributed by atoms with E-state index in [-0.39, 0.29) is 12.4 Å². The van der Waals surface area contributed by atoms with Gasteiger partial charge in [-0.15, -0.1) is 12.4 Å². The SMILES string of the molecule is CCCCCCNCc1cnn(CC(C)C)c1.Cl. The van der Waals surface area contributed by atoms with E-state index < -0.39 is 0 Å². The van der Waals surface area contributed by atoms with Crippen LogP contribution in [0.15, 0.2) is 12.4 Å². The number of aromatic nitrogens is 2. The molecule has 0 fully saturated rings. The smallest absolute Gasteiger partial charge is 0.0534 e. The second kappa shape index (κ2) is 10.4. The molecule has 0 spiro atoms. The van der Waals surface area contributed by atoms with Gasteiger partial charge in [0.2, 0.25) is 0 Å². The van der Waals surface area contributed by atoms with Crippen LogP contribution in [0.1, 0.15) is 52.0 Å². The summed E-state index contributed by atoms with van der Waals surface area (Å²) in [5.74, 6) is 0.657. The summed E-state index contributed by atoms with van der Waals surface area (Å²) in [5, 5.41) is 7.84. The fourth-order valence-corrected chi connectivity index (χ4v) is 1.88. The molecule has 1 aromatic rings. The average molecular weight is 274 g/mol. The van der Waals surface area contributed by atoms with Crippen molar-refractivity contribution in [3.8, 4) is 0 Å². The quantitative estimate of drug-likeness (QED) is 0.697. The van der Waals surface area contributed by atoms with Crippen LogP contribution in [-0.4, -0.2) is 16.3 Å². The Morgan fingerprint density at radius 1 is 1.28 bits per heavy atom. The van der Waals surface area contributed by atoms with Crippen LogP contribution in [0.4, 0.5) is 0 Å². The van der Waals surface area contributed by atoms with Gasteiger partial charge in [-0.3, -0.25) is 4.68 Å². The Bertz CT molecular complexity index is 297. The molecule has 18 heavy (non-hydrogen) atoms. The molecule has 0 aliphatic carbocycles. The zero-order valence-corrected chi connectivity index (χ0v) is 12.8. The predicted octanol–water partition coefficient (Wildman–Crippen LogP) is 3.63. The maximum Gasteiger partial charge on any atom is 0.0534 e. The fourth-order valence-electron chi connectivity index (χ4n) is 1.88. The second-order valence-electron chi connectivity index (χ2n) is 5.20. The van der Waals surface area contributed by atoms with E-state index in [1.165, 1.54) is 31.2 Å². The van der Waals surface area contributed by atoms with Crippen molar-refractivity contribution in [1.82, 2.24) is 15.1 Å². The van der Waals surface area contributed by atoms with Crippen molar-refractivity contribution in [2.24, 2.45) is 5.92 Å². The van der Waals surface area contributed by atoms with Gasteiger partial charge in [0.25, 0.3) is 0 Å². The Morgan fingerprint density at radius 2 is 2.06 bits per heavy atom. The molecule has 0 unspecified atom stereocenters. The standard InChI is InChI=1S/C14H27N3.ClH/c1-4-5-6-7-8-15-9-14-10-16-17(12-14)11-13(2)3;/h10,12-13,15H,4-9,11H2,1-3H3;1H. The first kappa shape index (κ1) is 17.5. The van der Waals surface area contributed by atoms with E-state index in [1.807, 2.05) is 10.9 Å². The Labute approximate surface area is 118 Å². The van der Waals surface area contributed by atoms with Gasteiger partial charge in [0, 0.05) is 24.8 Å². The van der Waals surface area contributed by atoms with Crippen LogP contribution in [0.2, 0.25) is 0 Å². The second-order valence-corrected chi connectivity index (χ2v) is 5.20. The molecule has 0 radical (unpaired) electrons. The third-order valence-electron chi connectivity index (χ3n) is 2.78. The van der Waals surface area contributed by atoms with Crippen LogP contribution in [0.3, 0.4) is 0 Å². The average Bonchev–Trinajstić information content (AvgIpc) is 2.70. The number of nitrogens with zero attached hydrogens (tertiary/aromatic N) is 2. The lowest BCUT2D eigenvalue weighted by molar-refractivity contribution is 0.482. The van der Waals surface area contributed by atoms with E-state index in [1.54, 1.807) is 0 Å². The molecule has 3 nitrogen and oxygen atoms in total. The molecule has 1 N–H and O–H groups in total. The number of hydrogen-bond acceptors (Lipinski definition) is 2. The summed E-state index contributed by atoms with van der Waals surface area (Å²) in [6.45, 7) is 9.76. The molecule has 1 rings (SSSR count). The number of rotatable bonds is 9. The molecule has 1 heterocycles.